The quantitative estimate of drug-likeness (QED) is 0.474. The number of carbonyl (C=O) groups excluding carboxylic acids is 2. The van der Waals surface area contributed by atoms with Gasteiger partial charge in [-0.3, -0.25) is 9.59 Å². The van der Waals surface area contributed by atoms with Crippen LogP contribution in [0.1, 0.15) is 57.1 Å². The molecule has 1 fully saturated rings. The molecule has 4 rings (SSSR count). The molecule has 0 spiro atoms. The summed E-state index contributed by atoms with van der Waals surface area (Å²) in [6.45, 7) is 2.26. The van der Waals surface area contributed by atoms with Crippen LogP contribution in [0.2, 0.25) is 0 Å². The van der Waals surface area contributed by atoms with Crippen molar-refractivity contribution in [3.8, 4) is 11.3 Å². The van der Waals surface area contributed by atoms with Gasteiger partial charge < -0.3 is 21.9 Å². The second kappa shape index (κ2) is 8.84. The fourth-order valence-electron chi connectivity index (χ4n) is 4.24. The van der Waals surface area contributed by atoms with E-state index in [4.69, 9.17) is 11.5 Å². The van der Waals surface area contributed by atoms with Gasteiger partial charge in [0.05, 0.1) is 12.1 Å². The molecule has 0 radical (unpaired) electrons. The van der Waals surface area contributed by atoms with Crippen LogP contribution in [0.15, 0.2) is 48.5 Å². The minimum absolute atomic E-state index is 0.134. The first-order chi connectivity index (χ1) is 15.4. The summed E-state index contributed by atoms with van der Waals surface area (Å²) >= 11 is 0. The Morgan fingerprint density at radius 3 is 2.50 bits per heavy atom. The fraction of sp³-hybridized carbons (Fsp3) is 0.292. The molecule has 2 amide bonds. The summed E-state index contributed by atoms with van der Waals surface area (Å²) in [6.07, 6.45) is 1.73. The normalized spacial score (nSPS) is 17.9. The van der Waals surface area contributed by atoms with Crippen LogP contribution in [0.3, 0.4) is 0 Å². The number of nitrogen functional groups attached to an aromatic ring is 1. The number of aliphatic hydroxyl groups is 1. The Balaban J connectivity index is 1.54. The summed E-state index contributed by atoms with van der Waals surface area (Å²) in [5.74, 6) is -0.622. The van der Waals surface area contributed by atoms with Gasteiger partial charge in [0.1, 0.15) is 17.1 Å². The number of benzene rings is 2. The van der Waals surface area contributed by atoms with Gasteiger partial charge >= 0.3 is 0 Å². The number of nitrogens with one attached hydrogen (secondary N) is 1. The SMILES string of the molecule is Cc1ccccc1C(=O)NCc1ccc(-c2nn([C@@H]3CCC[C@H]3O)c(N)c2C(N)=O)cc1. The van der Waals surface area contributed by atoms with Crippen molar-refractivity contribution >= 4 is 17.6 Å². The zero-order chi connectivity index (χ0) is 22.8. The number of nitrogens with zero attached hydrogens (tertiary/aromatic N) is 2. The van der Waals surface area contributed by atoms with Crippen molar-refractivity contribution in [3.63, 3.8) is 0 Å². The molecule has 8 nitrogen and oxygen atoms in total. The standard InChI is InChI=1S/C24H27N5O3/c1-14-5-2-3-6-17(14)24(32)27-13-15-9-11-16(12-10-15)21-20(23(26)31)22(25)29(28-21)18-7-4-8-19(18)30/h2-3,5-6,9-12,18-19,30H,4,7-8,13,25H2,1H3,(H2,26,31)(H,27,32)/t18-,19-/m1/s1. The monoisotopic (exact) mass is 433 g/mol. The van der Waals surface area contributed by atoms with Crippen LogP contribution in [-0.4, -0.2) is 32.8 Å². The maximum atomic E-state index is 12.4. The average molecular weight is 434 g/mol. The molecule has 1 saturated carbocycles. The Bertz CT molecular complexity index is 1150. The number of aryl methyl sites for hydroxylation is 1. The van der Waals surface area contributed by atoms with Crippen LogP contribution in [0.25, 0.3) is 11.3 Å². The van der Waals surface area contributed by atoms with Crippen molar-refractivity contribution in [3.05, 3.63) is 70.8 Å². The third kappa shape index (κ3) is 4.09. The molecule has 3 aromatic rings. The molecule has 1 aromatic heterocycles. The predicted molar refractivity (Wildman–Crippen MR) is 122 cm³/mol. The molecule has 0 saturated heterocycles. The van der Waals surface area contributed by atoms with E-state index in [1.165, 1.54) is 4.68 Å². The lowest BCUT2D eigenvalue weighted by molar-refractivity contribution is 0.0949. The number of aromatic nitrogens is 2. The van der Waals surface area contributed by atoms with E-state index in [2.05, 4.69) is 10.4 Å². The number of hydrogen-bond donors (Lipinski definition) is 4. The third-order valence-electron chi connectivity index (χ3n) is 6.02. The first kappa shape index (κ1) is 21.6. The Hall–Kier alpha value is -3.65. The Labute approximate surface area is 186 Å². The lowest BCUT2D eigenvalue weighted by Gasteiger charge is -2.16. The van der Waals surface area contributed by atoms with Gasteiger partial charge in [0.25, 0.3) is 11.8 Å². The average Bonchev–Trinajstić information content (AvgIpc) is 3.35. The number of aliphatic hydroxyl groups excluding tert-OH is 1. The zero-order valence-corrected chi connectivity index (χ0v) is 17.9. The van der Waals surface area contributed by atoms with E-state index in [9.17, 15) is 14.7 Å². The van der Waals surface area contributed by atoms with Crippen LogP contribution >= 0.6 is 0 Å². The predicted octanol–water partition coefficient (Wildman–Crippen LogP) is 2.56. The first-order valence-corrected chi connectivity index (χ1v) is 10.7. The van der Waals surface area contributed by atoms with Crippen LogP contribution in [0.5, 0.6) is 0 Å². The van der Waals surface area contributed by atoms with E-state index < -0.39 is 12.0 Å². The Morgan fingerprint density at radius 2 is 1.88 bits per heavy atom. The molecule has 2 aromatic carbocycles. The molecule has 1 aliphatic rings. The van der Waals surface area contributed by atoms with Gasteiger partial charge in [0, 0.05) is 17.7 Å². The molecule has 2 atom stereocenters. The highest BCUT2D eigenvalue weighted by molar-refractivity contribution is 6.03. The molecule has 166 valence electrons. The largest absolute Gasteiger partial charge is 0.391 e. The number of anilines is 1. The summed E-state index contributed by atoms with van der Waals surface area (Å²) in [5.41, 5.74) is 15.5. The molecule has 32 heavy (non-hydrogen) atoms. The summed E-state index contributed by atoms with van der Waals surface area (Å²) in [7, 11) is 0. The molecule has 1 aliphatic carbocycles. The van der Waals surface area contributed by atoms with Crippen LogP contribution in [0, 0.1) is 6.92 Å². The van der Waals surface area contributed by atoms with Crippen LogP contribution < -0.4 is 16.8 Å². The number of carbonyl (C=O) groups is 2. The van der Waals surface area contributed by atoms with Crippen molar-refractivity contribution in [1.29, 1.82) is 0 Å². The lowest BCUT2D eigenvalue weighted by atomic mass is 10.0. The number of rotatable bonds is 6. The number of primary amides is 1. The topological polar surface area (TPSA) is 136 Å². The third-order valence-corrected chi connectivity index (χ3v) is 6.02. The number of nitrogens with two attached hydrogens (primary N) is 2. The maximum Gasteiger partial charge on any atom is 0.254 e. The van der Waals surface area contributed by atoms with E-state index >= 15 is 0 Å². The van der Waals surface area contributed by atoms with E-state index in [1.807, 2.05) is 49.4 Å². The van der Waals surface area contributed by atoms with Crippen molar-refractivity contribution in [2.75, 3.05) is 5.73 Å². The second-order valence-corrected chi connectivity index (χ2v) is 8.18. The molecule has 6 N–H and O–H groups in total. The Morgan fingerprint density at radius 1 is 1.16 bits per heavy atom. The van der Waals surface area contributed by atoms with Gasteiger partial charge in [-0.15, -0.1) is 0 Å². The minimum atomic E-state index is -0.661. The van der Waals surface area contributed by atoms with Gasteiger partial charge in [-0.25, -0.2) is 4.68 Å². The number of hydrogen-bond acceptors (Lipinski definition) is 5. The highest BCUT2D eigenvalue weighted by Crippen LogP contribution is 2.35. The van der Waals surface area contributed by atoms with Crippen molar-refractivity contribution in [2.45, 2.75) is 44.9 Å². The van der Waals surface area contributed by atoms with Crippen molar-refractivity contribution in [1.82, 2.24) is 15.1 Å². The zero-order valence-electron chi connectivity index (χ0n) is 17.9. The van der Waals surface area contributed by atoms with Gasteiger partial charge in [-0.2, -0.15) is 5.10 Å². The maximum absolute atomic E-state index is 12.4. The number of amides is 2. The Kier molecular flexibility index (Phi) is 5.96. The molecule has 0 unspecified atom stereocenters. The van der Waals surface area contributed by atoms with E-state index in [0.29, 0.717) is 29.8 Å². The second-order valence-electron chi connectivity index (χ2n) is 8.18. The molecular weight excluding hydrogens is 406 g/mol. The fourth-order valence-corrected chi connectivity index (χ4v) is 4.24. The smallest absolute Gasteiger partial charge is 0.254 e. The first-order valence-electron chi connectivity index (χ1n) is 10.7. The highest BCUT2D eigenvalue weighted by atomic mass is 16.3. The van der Waals surface area contributed by atoms with E-state index in [-0.39, 0.29) is 23.3 Å². The van der Waals surface area contributed by atoms with Crippen molar-refractivity contribution in [2.24, 2.45) is 5.73 Å². The summed E-state index contributed by atoms with van der Waals surface area (Å²) in [6, 6.07) is 14.5. The summed E-state index contributed by atoms with van der Waals surface area (Å²) < 4.78 is 1.53. The molecule has 1 heterocycles. The van der Waals surface area contributed by atoms with Gasteiger partial charge in [0.15, 0.2) is 0 Å². The lowest BCUT2D eigenvalue weighted by Crippen LogP contribution is -2.23. The van der Waals surface area contributed by atoms with Gasteiger partial charge in [0.2, 0.25) is 0 Å². The summed E-state index contributed by atoms with van der Waals surface area (Å²) in [4.78, 5) is 24.5. The van der Waals surface area contributed by atoms with Gasteiger partial charge in [-0.1, -0.05) is 42.5 Å². The molecular formula is C24H27N5O3. The molecule has 0 bridgehead atoms. The van der Waals surface area contributed by atoms with E-state index in [0.717, 1.165) is 24.0 Å². The summed E-state index contributed by atoms with van der Waals surface area (Å²) in [5, 5.41) is 17.7. The molecule has 8 heteroatoms. The van der Waals surface area contributed by atoms with Gasteiger partial charge in [-0.05, 0) is 43.4 Å². The highest BCUT2D eigenvalue weighted by Gasteiger charge is 2.32. The van der Waals surface area contributed by atoms with Crippen molar-refractivity contribution < 1.29 is 14.7 Å². The molecule has 0 aliphatic heterocycles. The minimum Gasteiger partial charge on any atom is -0.391 e. The van der Waals surface area contributed by atoms with E-state index in [1.54, 1.807) is 6.07 Å². The van der Waals surface area contributed by atoms with Crippen LogP contribution in [-0.2, 0) is 6.54 Å². The van der Waals surface area contributed by atoms with Crippen LogP contribution in [0.4, 0.5) is 5.82 Å².